The van der Waals surface area contributed by atoms with E-state index in [1.54, 1.807) is 0 Å². The van der Waals surface area contributed by atoms with E-state index >= 15 is 0 Å². The molecular formula is C12H15NO. The number of rotatable bonds is 0. The standard InChI is InChI=1S/C12H15NO/c1-8-3-2-4-10-11-9(5-6-13-11)7-14-12(8)10/h2-4,9,11,13H,5-7H2,1H3. The van der Waals surface area contributed by atoms with Gasteiger partial charge in [-0.05, 0) is 25.5 Å². The number of nitrogens with one attached hydrogen (secondary N) is 1. The Labute approximate surface area is 84.3 Å². The fraction of sp³-hybridized carbons (Fsp3) is 0.500. The van der Waals surface area contributed by atoms with E-state index < -0.39 is 0 Å². The van der Waals surface area contributed by atoms with Gasteiger partial charge in [0.05, 0.1) is 6.61 Å². The molecule has 3 rings (SSSR count). The lowest BCUT2D eigenvalue weighted by molar-refractivity contribution is 0.203. The molecule has 1 saturated heterocycles. The smallest absolute Gasteiger partial charge is 0.126 e. The van der Waals surface area contributed by atoms with Gasteiger partial charge in [-0.15, -0.1) is 0 Å². The van der Waals surface area contributed by atoms with E-state index in [4.69, 9.17) is 4.74 Å². The summed E-state index contributed by atoms with van der Waals surface area (Å²) in [5, 5.41) is 3.56. The maximum absolute atomic E-state index is 5.83. The minimum Gasteiger partial charge on any atom is -0.493 e. The molecule has 2 aliphatic rings. The first-order valence-electron chi connectivity index (χ1n) is 5.32. The van der Waals surface area contributed by atoms with Crippen molar-refractivity contribution < 1.29 is 4.74 Å². The molecule has 2 nitrogen and oxygen atoms in total. The maximum atomic E-state index is 5.83. The molecule has 1 N–H and O–H groups in total. The van der Waals surface area contributed by atoms with Crippen LogP contribution < -0.4 is 10.1 Å². The van der Waals surface area contributed by atoms with Gasteiger partial charge in [0, 0.05) is 17.5 Å². The molecule has 1 fully saturated rings. The van der Waals surface area contributed by atoms with Crippen LogP contribution in [0, 0.1) is 12.8 Å². The van der Waals surface area contributed by atoms with Crippen molar-refractivity contribution in [2.24, 2.45) is 5.92 Å². The minimum absolute atomic E-state index is 0.540. The number of hydrogen-bond acceptors (Lipinski definition) is 2. The van der Waals surface area contributed by atoms with Gasteiger partial charge >= 0.3 is 0 Å². The molecule has 0 amide bonds. The van der Waals surface area contributed by atoms with E-state index in [9.17, 15) is 0 Å². The average molecular weight is 189 g/mol. The molecule has 2 heteroatoms. The van der Waals surface area contributed by atoms with Crippen molar-refractivity contribution in [2.45, 2.75) is 19.4 Å². The number of hydrogen-bond donors (Lipinski definition) is 1. The highest BCUT2D eigenvalue weighted by atomic mass is 16.5. The Morgan fingerprint density at radius 2 is 2.36 bits per heavy atom. The molecule has 2 aliphatic heterocycles. The Hall–Kier alpha value is -1.02. The lowest BCUT2D eigenvalue weighted by Crippen LogP contribution is -2.27. The zero-order valence-electron chi connectivity index (χ0n) is 8.42. The molecule has 0 bridgehead atoms. The summed E-state index contributed by atoms with van der Waals surface area (Å²) in [5.74, 6) is 1.80. The van der Waals surface area contributed by atoms with Gasteiger partial charge in [-0.1, -0.05) is 18.2 Å². The third-order valence-electron chi connectivity index (χ3n) is 3.37. The molecule has 0 spiro atoms. The summed E-state index contributed by atoms with van der Waals surface area (Å²) in [7, 11) is 0. The van der Waals surface area contributed by atoms with Gasteiger partial charge in [-0.25, -0.2) is 0 Å². The van der Waals surface area contributed by atoms with E-state index in [-0.39, 0.29) is 0 Å². The van der Waals surface area contributed by atoms with Crippen molar-refractivity contribution >= 4 is 0 Å². The van der Waals surface area contributed by atoms with E-state index in [1.807, 2.05) is 0 Å². The van der Waals surface area contributed by atoms with Gasteiger partial charge in [-0.2, -0.15) is 0 Å². The summed E-state index contributed by atoms with van der Waals surface area (Å²) in [6, 6.07) is 6.98. The lowest BCUT2D eigenvalue weighted by atomic mass is 9.91. The molecule has 0 saturated carbocycles. The van der Waals surface area contributed by atoms with Crippen LogP contribution in [0.4, 0.5) is 0 Å². The van der Waals surface area contributed by atoms with Gasteiger partial charge in [0.1, 0.15) is 5.75 Å². The highest BCUT2D eigenvalue weighted by Gasteiger charge is 2.34. The second kappa shape index (κ2) is 2.99. The molecule has 74 valence electrons. The van der Waals surface area contributed by atoms with Gasteiger partial charge in [0.15, 0.2) is 0 Å². The highest BCUT2D eigenvalue weighted by Crippen LogP contribution is 2.40. The summed E-state index contributed by atoms with van der Waals surface area (Å²) < 4.78 is 5.83. The molecule has 2 atom stereocenters. The Bertz CT molecular complexity index is 361. The van der Waals surface area contributed by atoms with Crippen LogP contribution in [0.3, 0.4) is 0 Å². The van der Waals surface area contributed by atoms with Crippen molar-refractivity contribution in [1.29, 1.82) is 0 Å². The summed E-state index contributed by atoms with van der Waals surface area (Å²) >= 11 is 0. The number of ether oxygens (including phenoxy) is 1. The van der Waals surface area contributed by atoms with Crippen molar-refractivity contribution in [3.63, 3.8) is 0 Å². The number of benzene rings is 1. The van der Waals surface area contributed by atoms with Crippen molar-refractivity contribution in [2.75, 3.05) is 13.2 Å². The Kier molecular flexibility index (Phi) is 1.77. The molecule has 2 heterocycles. The predicted octanol–water partition coefficient (Wildman–Crippen LogP) is 2.04. The third-order valence-corrected chi connectivity index (χ3v) is 3.37. The first-order chi connectivity index (χ1) is 6.86. The van der Waals surface area contributed by atoms with Crippen LogP contribution in [-0.2, 0) is 0 Å². The minimum atomic E-state index is 0.540. The van der Waals surface area contributed by atoms with E-state index in [1.165, 1.54) is 17.5 Å². The maximum Gasteiger partial charge on any atom is 0.126 e. The Morgan fingerprint density at radius 1 is 1.43 bits per heavy atom. The number of fused-ring (bicyclic) bond motifs is 3. The summed E-state index contributed by atoms with van der Waals surface area (Å²) in [5.41, 5.74) is 2.62. The molecule has 2 unspecified atom stereocenters. The molecule has 0 radical (unpaired) electrons. The fourth-order valence-electron chi connectivity index (χ4n) is 2.61. The number of aryl methyl sites for hydroxylation is 1. The molecular weight excluding hydrogens is 174 g/mol. The summed E-state index contributed by atoms with van der Waals surface area (Å²) in [6.07, 6.45) is 1.25. The summed E-state index contributed by atoms with van der Waals surface area (Å²) in [6.45, 7) is 4.13. The van der Waals surface area contributed by atoms with Crippen LogP contribution in [0.5, 0.6) is 5.75 Å². The second-order valence-electron chi connectivity index (χ2n) is 4.28. The van der Waals surface area contributed by atoms with E-state index in [0.717, 1.165) is 18.9 Å². The molecule has 14 heavy (non-hydrogen) atoms. The van der Waals surface area contributed by atoms with Crippen molar-refractivity contribution in [3.05, 3.63) is 29.3 Å². The average Bonchev–Trinajstić information content (AvgIpc) is 2.66. The van der Waals surface area contributed by atoms with Crippen LogP contribution >= 0.6 is 0 Å². The van der Waals surface area contributed by atoms with Crippen molar-refractivity contribution in [1.82, 2.24) is 5.32 Å². The Balaban J connectivity index is 2.09. The quantitative estimate of drug-likeness (QED) is 0.674. The monoisotopic (exact) mass is 189 g/mol. The van der Waals surface area contributed by atoms with Gasteiger partial charge in [0.25, 0.3) is 0 Å². The largest absolute Gasteiger partial charge is 0.493 e. The zero-order valence-corrected chi connectivity index (χ0v) is 8.42. The lowest BCUT2D eigenvalue weighted by Gasteiger charge is -2.29. The number of para-hydroxylation sites is 1. The SMILES string of the molecule is Cc1cccc2c1OCC1CCNC21. The third kappa shape index (κ3) is 1.07. The summed E-state index contributed by atoms with van der Waals surface area (Å²) in [4.78, 5) is 0. The highest BCUT2D eigenvalue weighted by molar-refractivity contribution is 5.44. The van der Waals surface area contributed by atoms with Gasteiger partial charge in [-0.3, -0.25) is 0 Å². The van der Waals surface area contributed by atoms with Gasteiger partial charge < -0.3 is 10.1 Å². The predicted molar refractivity (Wildman–Crippen MR) is 55.5 cm³/mol. The van der Waals surface area contributed by atoms with E-state index in [0.29, 0.717) is 12.0 Å². The molecule has 1 aromatic carbocycles. The van der Waals surface area contributed by atoms with Crippen molar-refractivity contribution in [3.8, 4) is 5.75 Å². The van der Waals surface area contributed by atoms with Crippen LogP contribution in [-0.4, -0.2) is 13.2 Å². The van der Waals surface area contributed by atoms with Crippen LogP contribution in [0.1, 0.15) is 23.6 Å². The van der Waals surface area contributed by atoms with Crippen LogP contribution in [0.15, 0.2) is 18.2 Å². The molecule has 0 aromatic heterocycles. The first-order valence-corrected chi connectivity index (χ1v) is 5.32. The molecule has 1 aromatic rings. The zero-order chi connectivity index (χ0) is 9.54. The first kappa shape index (κ1) is 8.30. The van der Waals surface area contributed by atoms with Gasteiger partial charge in [0.2, 0.25) is 0 Å². The molecule has 0 aliphatic carbocycles. The van der Waals surface area contributed by atoms with Crippen LogP contribution in [0.2, 0.25) is 0 Å². The Morgan fingerprint density at radius 3 is 3.29 bits per heavy atom. The van der Waals surface area contributed by atoms with Crippen LogP contribution in [0.25, 0.3) is 0 Å². The fourth-order valence-corrected chi connectivity index (χ4v) is 2.61. The normalized spacial score (nSPS) is 29.2. The second-order valence-corrected chi connectivity index (χ2v) is 4.28. The topological polar surface area (TPSA) is 21.3 Å². The van der Waals surface area contributed by atoms with E-state index in [2.05, 4.69) is 30.4 Å².